The molecule has 174 valence electrons. The Morgan fingerprint density at radius 2 is 1.85 bits per heavy atom. The number of ether oxygens (including phenoxy) is 2. The number of hydrogen-bond donors (Lipinski definition) is 0. The van der Waals surface area contributed by atoms with E-state index in [9.17, 15) is 13.2 Å². The quantitative estimate of drug-likeness (QED) is 0.658. The van der Waals surface area contributed by atoms with E-state index in [1.165, 1.54) is 0 Å². The number of fused-ring (bicyclic) bond motifs is 2. The molecule has 0 aliphatic carbocycles. The first kappa shape index (κ1) is 22.0. The van der Waals surface area contributed by atoms with E-state index in [1.54, 1.807) is 40.3 Å². The Morgan fingerprint density at radius 1 is 1.06 bits per heavy atom. The second kappa shape index (κ2) is 9.18. The van der Waals surface area contributed by atoms with Crippen LogP contribution in [0.5, 0.6) is 11.5 Å². The summed E-state index contributed by atoms with van der Waals surface area (Å²) in [5, 5.41) is 0. The molecule has 2 aromatic rings. The van der Waals surface area contributed by atoms with Gasteiger partial charge in [-0.3, -0.25) is 4.79 Å². The molecular weight excluding hydrogens is 454 g/mol. The third kappa shape index (κ3) is 4.74. The minimum Gasteiger partial charge on any atom is -0.486 e. The molecule has 0 spiro atoms. The fourth-order valence-electron chi connectivity index (χ4n) is 3.85. The highest BCUT2D eigenvalue weighted by molar-refractivity contribution is 7.90. The Kier molecular flexibility index (Phi) is 5.93. The lowest BCUT2D eigenvalue weighted by Gasteiger charge is -2.29. The third-order valence-corrected chi connectivity index (χ3v) is 6.72. The fourth-order valence-corrected chi connectivity index (χ4v) is 4.82. The molecule has 0 saturated carbocycles. The number of anilines is 1. The van der Waals surface area contributed by atoms with Crippen molar-refractivity contribution < 1.29 is 22.7 Å². The van der Waals surface area contributed by atoms with E-state index in [2.05, 4.69) is 4.40 Å². The van der Waals surface area contributed by atoms with Gasteiger partial charge in [-0.25, -0.2) is 8.42 Å². The molecule has 0 N–H and O–H groups in total. The first-order valence-corrected chi connectivity index (χ1v) is 12.5. The van der Waals surface area contributed by atoms with Crippen molar-refractivity contribution in [2.45, 2.75) is 0 Å². The maximum absolute atomic E-state index is 13.6. The molecule has 1 amide bonds. The molecule has 3 aliphatic heterocycles. The maximum atomic E-state index is 13.6. The molecule has 3 heterocycles. The number of amidine groups is 1. The molecule has 3 aliphatic rings. The topological polar surface area (TPSA) is 88.5 Å². The van der Waals surface area contributed by atoms with Gasteiger partial charge in [-0.2, -0.15) is 0 Å². The molecule has 0 atom stereocenters. The van der Waals surface area contributed by atoms with Gasteiger partial charge in [0.1, 0.15) is 19.0 Å². The first-order chi connectivity index (χ1) is 16.5. The summed E-state index contributed by atoms with van der Waals surface area (Å²) in [4.78, 5) is 17.0. The van der Waals surface area contributed by atoms with E-state index < -0.39 is 10.0 Å². The molecule has 0 aromatic heterocycles. The summed E-state index contributed by atoms with van der Waals surface area (Å²) in [6.45, 7) is 1.52. The van der Waals surface area contributed by atoms with Gasteiger partial charge < -0.3 is 19.3 Å². The Morgan fingerprint density at radius 3 is 2.68 bits per heavy atom. The number of sulfonamides is 1. The van der Waals surface area contributed by atoms with E-state index in [4.69, 9.17) is 9.47 Å². The zero-order valence-corrected chi connectivity index (χ0v) is 19.1. The zero-order chi connectivity index (χ0) is 23.5. The standard InChI is InChI=1S/C25H23N3O5S/c29-25(20-8-11-24-26-34(30,31)16-13-27(24)18-20)28(12-4-7-19-5-2-1-3-6-19)21-9-10-22-23(17-21)33-15-14-32-22/h1-11,17-18H,12-16H2/b7-4+. The Hall–Kier alpha value is -3.85. The van der Waals surface area contributed by atoms with Crippen molar-refractivity contribution >= 4 is 33.5 Å². The summed E-state index contributed by atoms with van der Waals surface area (Å²) in [6, 6.07) is 15.3. The van der Waals surface area contributed by atoms with Crippen LogP contribution in [0.4, 0.5) is 5.69 Å². The fraction of sp³-hybridized carbons (Fsp3) is 0.200. The highest BCUT2D eigenvalue weighted by Gasteiger charge is 2.27. The van der Waals surface area contributed by atoms with E-state index in [1.807, 2.05) is 48.6 Å². The maximum Gasteiger partial charge on any atom is 0.260 e. The minimum atomic E-state index is -3.46. The van der Waals surface area contributed by atoms with Crippen LogP contribution in [0.2, 0.25) is 0 Å². The lowest BCUT2D eigenvalue weighted by atomic mass is 10.1. The Bertz CT molecular complexity index is 1330. The third-order valence-electron chi connectivity index (χ3n) is 5.55. The molecule has 0 bridgehead atoms. The number of carbonyl (C=O) groups excluding carboxylic acids is 1. The number of amides is 1. The number of nitrogens with zero attached hydrogens (tertiary/aromatic N) is 3. The smallest absolute Gasteiger partial charge is 0.260 e. The van der Waals surface area contributed by atoms with Crippen molar-refractivity contribution in [1.82, 2.24) is 4.90 Å². The summed E-state index contributed by atoms with van der Waals surface area (Å²) in [5.41, 5.74) is 2.13. The Labute approximate surface area is 198 Å². The van der Waals surface area contributed by atoms with E-state index in [0.717, 1.165) is 5.56 Å². The summed E-state index contributed by atoms with van der Waals surface area (Å²) in [6.07, 6.45) is 8.71. The van der Waals surface area contributed by atoms with Crippen LogP contribution in [0.1, 0.15) is 5.56 Å². The molecule has 0 radical (unpaired) electrons. The molecular formula is C25H23N3O5S. The van der Waals surface area contributed by atoms with Crippen LogP contribution in [0.3, 0.4) is 0 Å². The summed E-state index contributed by atoms with van der Waals surface area (Å²) in [5.74, 6) is 1.25. The predicted molar refractivity (Wildman–Crippen MR) is 130 cm³/mol. The molecule has 2 aromatic carbocycles. The van der Waals surface area contributed by atoms with Crippen LogP contribution in [0, 0.1) is 0 Å². The van der Waals surface area contributed by atoms with Crippen LogP contribution in [0.15, 0.2) is 82.9 Å². The normalized spacial score (nSPS) is 18.2. The van der Waals surface area contributed by atoms with Crippen molar-refractivity contribution in [2.24, 2.45) is 4.40 Å². The highest BCUT2D eigenvalue weighted by atomic mass is 32.2. The van der Waals surface area contributed by atoms with Crippen molar-refractivity contribution in [1.29, 1.82) is 0 Å². The number of hydrogen-bond acceptors (Lipinski definition) is 6. The average molecular weight is 478 g/mol. The summed E-state index contributed by atoms with van der Waals surface area (Å²) < 4.78 is 38.7. The van der Waals surface area contributed by atoms with Crippen molar-refractivity contribution in [3.05, 3.63) is 84.1 Å². The van der Waals surface area contributed by atoms with Crippen molar-refractivity contribution in [3.63, 3.8) is 0 Å². The van der Waals surface area contributed by atoms with E-state index in [-0.39, 0.29) is 18.2 Å². The summed E-state index contributed by atoms with van der Waals surface area (Å²) in [7, 11) is -3.46. The van der Waals surface area contributed by atoms with Gasteiger partial charge in [0.2, 0.25) is 0 Å². The SMILES string of the molecule is O=C(C1=CN2CCS(=O)(=O)N=C2C=C1)N(C/C=C/c1ccccc1)c1ccc2c(c1)OCCO2. The minimum absolute atomic E-state index is 0.0893. The monoisotopic (exact) mass is 477 g/mol. The van der Waals surface area contributed by atoms with Gasteiger partial charge in [0, 0.05) is 31.0 Å². The van der Waals surface area contributed by atoms with E-state index in [0.29, 0.717) is 48.4 Å². The number of rotatable bonds is 5. The number of benzene rings is 2. The lowest BCUT2D eigenvalue weighted by Crippen LogP contribution is -2.39. The largest absolute Gasteiger partial charge is 0.486 e. The van der Waals surface area contributed by atoms with Crippen molar-refractivity contribution in [2.75, 3.05) is 37.0 Å². The molecule has 9 heteroatoms. The summed E-state index contributed by atoms with van der Waals surface area (Å²) >= 11 is 0. The van der Waals surface area contributed by atoms with Gasteiger partial charge in [-0.15, -0.1) is 4.40 Å². The zero-order valence-electron chi connectivity index (χ0n) is 18.3. The van der Waals surface area contributed by atoms with Crippen LogP contribution in [0.25, 0.3) is 6.08 Å². The second-order valence-electron chi connectivity index (χ2n) is 7.90. The Balaban J connectivity index is 1.44. The van der Waals surface area contributed by atoms with Gasteiger partial charge in [-0.05, 0) is 29.8 Å². The van der Waals surface area contributed by atoms with Gasteiger partial charge in [0.25, 0.3) is 15.9 Å². The van der Waals surface area contributed by atoms with Gasteiger partial charge in [0.05, 0.1) is 11.3 Å². The van der Waals surface area contributed by atoms with Gasteiger partial charge >= 0.3 is 0 Å². The molecule has 5 rings (SSSR count). The highest BCUT2D eigenvalue weighted by Crippen LogP contribution is 2.34. The van der Waals surface area contributed by atoms with Gasteiger partial charge in [-0.1, -0.05) is 42.5 Å². The van der Waals surface area contributed by atoms with Crippen LogP contribution < -0.4 is 14.4 Å². The van der Waals surface area contributed by atoms with Crippen molar-refractivity contribution in [3.8, 4) is 11.5 Å². The first-order valence-electron chi connectivity index (χ1n) is 10.9. The molecule has 34 heavy (non-hydrogen) atoms. The predicted octanol–water partition coefficient (Wildman–Crippen LogP) is 3.00. The lowest BCUT2D eigenvalue weighted by molar-refractivity contribution is -0.114. The molecule has 0 unspecified atom stereocenters. The molecule has 0 fully saturated rings. The van der Waals surface area contributed by atoms with Crippen LogP contribution in [-0.2, 0) is 14.8 Å². The average Bonchev–Trinajstić information content (AvgIpc) is 2.86. The second-order valence-corrected chi connectivity index (χ2v) is 9.66. The van der Waals surface area contributed by atoms with Crippen LogP contribution in [-0.4, -0.2) is 57.1 Å². The van der Waals surface area contributed by atoms with Crippen LogP contribution >= 0.6 is 0 Å². The molecule has 0 saturated heterocycles. The van der Waals surface area contributed by atoms with Gasteiger partial charge in [0.15, 0.2) is 11.5 Å². The van der Waals surface area contributed by atoms with E-state index >= 15 is 0 Å². The molecule has 8 nitrogen and oxygen atoms in total. The number of carbonyl (C=O) groups is 1.